The average Bonchev–Trinajstić information content (AvgIpc) is 2.58. The summed E-state index contributed by atoms with van der Waals surface area (Å²) in [7, 11) is -2.02. The monoisotopic (exact) mass is 377 g/mol. The Labute approximate surface area is 145 Å². The Morgan fingerprint density at radius 3 is 2.48 bits per heavy atom. The predicted octanol–water partition coefficient (Wildman–Crippen LogP) is 2.46. The number of methoxy groups -OCH3 is 1. The first-order valence-electron chi connectivity index (χ1n) is 7.80. The van der Waals surface area contributed by atoms with Crippen LogP contribution in [0.5, 0.6) is 5.75 Å². The van der Waals surface area contributed by atoms with Gasteiger partial charge in [-0.2, -0.15) is 0 Å². The van der Waals surface area contributed by atoms with Crippen molar-refractivity contribution >= 4 is 16.0 Å². The van der Waals surface area contributed by atoms with Crippen LogP contribution in [0.15, 0.2) is 18.2 Å². The van der Waals surface area contributed by atoms with E-state index in [0.717, 1.165) is 6.07 Å². The minimum atomic E-state index is -3.20. The standard InChI is InChI=1S/C16H21F2NO5S/c1-23-16(20)12-3-4-14(13(9-12)15(17)18)24-10-11-5-7-19(8-6-11)25(2,21)22/h3-4,9,11,15H,5-8,10H2,1-2H3. The summed E-state index contributed by atoms with van der Waals surface area (Å²) >= 11 is 0. The summed E-state index contributed by atoms with van der Waals surface area (Å²) in [6.07, 6.45) is -0.400. The molecule has 0 saturated carbocycles. The fourth-order valence-electron chi connectivity index (χ4n) is 2.71. The van der Waals surface area contributed by atoms with E-state index in [-0.39, 0.29) is 29.4 Å². The van der Waals surface area contributed by atoms with E-state index in [2.05, 4.69) is 4.74 Å². The van der Waals surface area contributed by atoms with Crippen LogP contribution < -0.4 is 4.74 Å². The average molecular weight is 377 g/mol. The maximum atomic E-state index is 13.2. The molecular formula is C16H21F2NO5S. The van der Waals surface area contributed by atoms with E-state index >= 15 is 0 Å². The number of halogens is 2. The van der Waals surface area contributed by atoms with E-state index in [9.17, 15) is 22.0 Å². The van der Waals surface area contributed by atoms with Crippen LogP contribution in [0.3, 0.4) is 0 Å². The van der Waals surface area contributed by atoms with Crippen molar-refractivity contribution in [2.24, 2.45) is 5.92 Å². The van der Waals surface area contributed by atoms with E-state index in [4.69, 9.17) is 4.74 Å². The molecule has 0 bridgehead atoms. The lowest BCUT2D eigenvalue weighted by atomic mass is 9.99. The lowest BCUT2D eigenvalue weighted by Gasteiger charge is -2.30. The van der Waals surface area contributed by atoms with E-state index in [1.54, 1.807) is 0 Å². The van der Waals surface area contributed by atoms with Gasteiger partial charge in [-0.3, -0.25) is 0 Å². The number of hydrogen-bond donors (Lipinski definition) is 0. The number of sulfonamides is 1. The van der Waals surface area contributed by atoms with Gasteiger partial charge in [-0.1, -0.05) is 0 Å². The van der Waals surface area contributed by atoms with Gasteiger partial charge in [-0.05, 0) is 37.0 Å². The highest BCUT2D eigenvalue weighted by atomic mass is 32.2. The first-order valence-corrected chi connectivity index (χ1v) is 9.65. The normalized spacial score (nSPS) is 16.8. The number of hydrogen-bond acceptors (Lipinski definition) is 5. The van der Waals surface area contributed by atoms with Crippen LogP contribution >= 0.6 is 0 Å². The van der Waals surface area contributed by atoms with Gasteiger partial charge in [0.15, 0.2) is 0 Å². The van der Waals surface area contributed by atoms with Crippen molar-refractivity contribution in [3.05, 3.63) is 29.3 Å². The van der Waals surface area contributed by atoms with Gasteiger partial charge in [-0.15, -0.1) is 0 Å². The fourth-order valence-corrected chi connectivity index (χ4v) is 3.58. The predicted molar refractivity (Wildman–Crippen MR) is 87.4 cm³/mol. The van der Waals surface area contributed by atoms with Crippen molar-refractivity contribution in [1.82, 2.24) is 4.31 Å². The van der Waals surface area contributed by atoms with Crippen molar-refractivity contribution in [2.75, 3.05) is 33.1 Å². The summed E-state index contributed by atoms with van der Waals surface area (Å²) < 4.78 is 60.8. The highest BCUT2D eigenvalue weighted by Gasteiger charge is 2.26. The molecule has 25 heavy (non-hydrogen) atoms. The summed E-state index contributed by atoms with van der Waals surface area (Å²) in [5.74, 6) is -0.585. The smallest absolute Gasteiger partial charge is 0.337 e. The van der Waals surface area contributed by atoms with Crippen LogP contribution in [-0.4, -0.2) is 51.8 Å². The number of piperidine rings is 1. The Balaban J connectivity index is 2.00. The van der Waals surface area contributed by atoms with Crippen LogP contribution in [0.1, 0.15) is 35.2 Å². The molecule has 0 spiro atoms. The summed E-state index contributed by atoms with van der Waals surface area (Å²) in [6, 6.07) is 3.77. The molecule has 1 heterocycles. The van der Waals surface area contributed by atoms with Crippen molar-refractivity contribution in [1.29, 1.82) is 0 Å². The lowest BCUT2D eigenvalue weighted by molar-refractivity contribution is 0.0600. The Hall–Kier alpha value is -1.74. The molecule has 0 aromatic heterocycles. The zero-order valence-electron chi connectivity index (χ0n) is 14.1. The van der Waals surface area contributed by atoms with Crippen molar-refractivity contribution in [3.63, 3.8) is 0 Å². The van der Waals surface area contributed by atoms with Gasteiger partial charge in [0.1, 0.15) is 5.75 Å². The van der Waals surface area contributed by atoms with Crippen LogP contribution in [0.2, 0.25) is 0 Å². The van der Waals surface area contributed by atoms with Gasteiger partial charge in [0.25, 0.3) is 6.43 Å². The third kappa shape index (κ3) is 5.12. The molecule has 1 aromatic rings. The van der Waals surface area contributed by atoms with Crippen LogP contribution in [0.4, 0.5) is 8.78 Å². The van der Waals surface area contributed by atoms with Crippen LogP contribution in [-0.2, 0) is 14.8 Å². The Morgan fingerprint density at radius 1 is 1.32 bits per heavy atom. The maximum Gasteiger partial charge on any atom is 0.337 e. The highest BCUT2D eigenvalue weighted by Crippen LogP contribution is 2.31. The summed E-state index contributed by atoms with van der Waals surface area (Å²) in [5.41, 5.74) is -0.330. The SMILES string of the molecule is COC(=O)c1ccc(OCC2CCN(S(C)(=O)=O)CC2)c(C(F)F)c1. The number of benzene rings is 1. The molecule has 1 aliphatic rings. The first-order chi connectivity index (χ1) is 11.7. The van der Waals surface area contributed by atoms with Crippen molar-refractivity contribution in [2.45, 2.75) is 19.3 Å². The minimum Gasteiger partial charge on any atom is -0.493 e. The summed E-state index contributed by atoms with van der Waals surface area (Å²) in [6.45, 7) is 1.01. The van der Waals surface area contributed by atoms with Gasteiger partial charge in [0.05, 0.1) is 31.1 Å². The number of esters is 1. The highest BCUT2D eigenvalue weighted by molar-refractivity contribution is 7.88. The number of carbonyl (C=O) groups is 1. The number of carbonyl (C=O) groups excluding carboxylic acids is 1. The number of alkyl halides is 2. The van der Waals surface area contributed by atoms with Gasteiger partial charge >= 0.3 is 5.97 Å². The van der Waals surface area contributed by atoms with Gasteiger partial charge < -0.3 is 9.47 Å². The summed E-state index contributed by atoms with van der Waals surface area (Å²) in [4.78, 5) is 11.5. The zero-order valence-corrected chi connectivity index (χ0v) is 14.9. The third-order valence-electron chi connectivity index (χ3n) is 4.18. The molecule has 9 heteroatoms. The molecule has 140 valence electrons. The second kappa shape index (κ2) is 8.09. The van der Waals surface area contributed by atoms with Crippen molar-refractivity contribution < 1.29 is 31.5 Å². The third-order valence-corrected chi connectivity index (χ3v) is 5.49. The molecule has 0 N–H and O–H groups in total. The second-order valence-electron chi connectivity index (χ2n) is 5.96. The summed E-state index contributed by atoms with van der Waals surface area (Å²) in [5, 5.41) is 0. The van der Waals surface area contributed by atoms with E-state index in [1.807, 2.05) is 0 Å². The van der Waals surface area contributed by atoms with Gasteiger partial charge in [-0.25, -0.2) is 26.3 Å². The molecule has 6 nitrogen and oxygen atoms in total. The fraction of sp³-hybridized carbons (Fsp3) is 0.562. The Kier molecular flexibility index (Phi) is 6.34. The van der Waals surface area contributed by atoms with Gasteiger partial charge in [0, 0.05) is 13.1 Å². The van der Waals surface area contributed by atoms with Gasteiger partial charge in [0.2, 0.25) is 10.0 Å². The molecular weight excluding hydrogens is 356 g/mol. The molecule has 0 aliphatic carbocycles. The molecule has 2 rings (SSSR count). The van der Waals surface area contributed by atoms with E-state index in [1.165, 1.54) is 29.8 Å². The molecule has 1 fully saturated rings. The van der Waals surface area contributed by atoms with Crippen LogP contribution in [0.25, 0.3) is 0 Å². The second-order valence-corrected chi connectivity index (χ2v) is 7.94. The Bertz CT molecular complexity index is 715. The molecule has 0 unspecified atom stereocenters. The molecule has 0 atom stereocenters. The molecule has 1 aromatic carbocycles. The molecule has 0 radical (unpaired) electrons. The van der Waals surface area contributed by atoms with E-state index in [0.29, 0.717) is 25.9 Å². The number of nitrogens with zero attached hydrogens (tertiary/aromatic N) is 1. The lowest BCUT2D eigenvalue weighted by Crippen LogP contribution is -2.39. The Morgan fingerprint density at radius 2 is 1.96 bits per heavy atom. The largest absolute Gasteiger partial charge is 0.493 e. The maximum absolute atomic E-state index is 13.2. The molecule has 1 aliphatic heterocycles. The number of rotatable bonds is 6. The minimum absolute atomic E-state index is 0.0215. The molecule has 0 amide bonds. The molecule has 1 saturated heterocycles. The van der Waals surface area contributed by atoms with Crippen molar-refractivity contribution in [3.8, 4) is 5.75 Å². The first kappa shape index (κ1) is 19.6. The van der Waals surface area contributed by atoms with Crippen LogP contribution in [0, 0.1) is 5.92 Å². The quantitative estimate of drug-likeness (QED) is 0.712. The number of ether oxygens (including phenoxy) is 2. The van der Waals surface area contributed by atoms with E-state index < -0.39 is 22.4 Å². The topological polar surface area (TPSA) is 72.9 Å². The zero-order chi connectivity index (χ0) is 18.6.